The average Bonchev–Trinajstić information content (AvgIpc) is 2.83. The summed E-state index contributed by atoms with van der Waals surface area (Å²) in [4.78, 5) is 5.08. The molecule has 0 unspecified atom stereocenters. The van der Waals surface area contributed by atoms with Gasteiger partial charge < -0.3 is 0 Å². The van der Waals surface area contributed by atoms with Crippen molar-refractivity contribution in [2.24, 2.45) is 0 Å². The first kappa shape index (κ1) is 13.7. The minimum absolute atomic E-state index is 0.263. The lowest BCUT2D eigenvalue weighted by molar-refractivity contribution is 0.581. The summed E-state index contributed by atoms with van der Waals surface area (Å²) in [6, 6.07) is 5.19. The fraction of sp³-hybridized carbons (Fsp3) is 0.182. The minimum atomic E-state index is -3.49. The van der Waals surface area contributed by atoms with Gasteiger partial charge in [0, 0.05) is 22.1 Å². The number of benzene rings is 1. The largest absolute Gasteiger partial charge is 0.253 e. The van der Waals surface area contributed by atoms with Gasteiger partial charge in [0.2, 0.25) is 10.0 Å². The predicted octanol–water partition coefficient (Wildman–Crippen LogP) is 2.69. The zero-order valence-corrected chi connectivity index (χ0v) is 12.8. The molecule has 0 radical (unpaired) electrons. The highest BCUT2D eigenvalue weighted by molar-refractivity contribution is 9.10. The van der Waals surface area contributed by atoms with Gasteiger partial charge in [0.15, 0.2) is 0 Å². The quantitative estimate of drug-likeness (QED) is 0.925. The lowest BCUT2D eigenvalue weighted by Gasteiger charge is -2.08. The van der Waals surface area contributed by atoms with E-state index in [1.807, 2.05) is 6.07 Å². The van der Waals surface area contributed by atoms with Crippen LogP contribution in [0.5, 0.6) is 0 Å². The Hall–Kier alpha value is -0.760. The second-order valence-corrected chi connectivity index (χ2v) is 7.32. The Morgan fingerprint density at radius 3 is 2.89 bits per heavy atom. The molecule has 0 atom stereocenters. The Bertz CT molecular complexity index is 639. The van der Waals surface area contributed by atoms with Gasteiger partial charge in [-0.15, -0.1) is 11.3 Å². The van der Waals surface area contributed by atoms with E-state index in [0.717, 1.165) is 14.9 Å². The fourth-order valence-electron chi connectivity index (χ4n) is 1.44. The molecule has 0 fully saturated rings. The van der Waals surface area contributed by atoms with Crippen molar-refractivity contribution in [2.75, 3.05) is 0 Å². The molecule has 0 aliphatic rings. The van der Waals surface area contributed by atoms with Gasteiger partial charge in [-0.3, -0.25) is 4.98 Å². The summed E-state index contributed by atoms with van der Waals surface area (Å²) in [6.45, 7) is 2.03. The summed E-state index contributed by atoms with van der Waals surface area (Å²) >= 11 is 4.70. The smallest absolute Gasteiger partial charge is 0.241 e. The lowest BCUT2D eigenvalue weighted by atomic mass is 10.2. The number of hydrogen-bond acceptors (Lipinski definition) is 4. The normalized spacial score (nSPS) is 11.7. The SMILES string of the molecule is Cc1ccc(Br)cc1S(=O)(=O)NCc1cncs1. The molecule has 96 valence electrons. The van der Waals surface area contributed by atoms with Crippen LogP contribution < -0.4 is 4.72 Å². The van der Waals surface area contributed by atoms with Crippen molar-refractivity contribution >= 4 is 37.3 Å². The van der Waals surface area contributed by atoms with Crippen molar-refractivity contribution in [3.63, 3.8) is 0 Å². The van der Waals surface area contributed by atoms with E-state index in [1.165, 1.54) is 11.3 Å². The number of hydrogen-bond donors (Lipinski definition) is 1. The standard InChI is InChI=1S/C11H11BrN2O2S2/c1-8-2-3-9(12)4-11(8)18(15,16)14-6-10-5-13-7-17-10/h2-5,7,14H,6H2,1H3. The highest BCUT2D eigenvalue weighted by atomic mass is 79.9. The summed E-state index contributed by atoms with van der Waals surface area (Å²) in [5, 5.41) is 0. The van der Waals surface area contributed by atoms with E-state index in [4.69, 9.17) is 0 Å². The number of aromatic nitrogens is 1. The number of sulfonamides is 1. The molecular formula is C11H11BrN2O2S2. The molecule has 1 aromatic carbocycles. The summed E-state index contributed by atoms with van der Waals surface area (Å²) in [5.74, 6) is 0. The van der Waals surface area contributed by atoms with E-state index in [2.05, 4.69) is 25.6 Å². The van der Waals surface area contributed by atoms with Crippen LogP contribution in [-0.2, 0) is 16.6 Å². The molecule has 0 aliphatic carbocycles. The number of aryl methyl sites for hydroxylation is 1. The number of nitrogens with zero attached hydrogens (tertiary/aromatic N) is 1. The van der Waals surface area contributed by atoms with E-state index < -0.39 is 10.0 Å². The van der Waals surface area contributed by atoms with Gasteiger partial charge in [-0.05, 0) is 24.6 Å². The highest BCUT2D eigenvalue weighted by Crippen LogP contribution is 2.20. The average molecular weight is 347 g/mol. The van der Waals surface area contributed by atoms with E-state index >= 15 is 0 Å². The summed E-state index contributed by atoms with van der Waals surface area (Å²) in [7, 11) is -3.49. The van der Waals surface area contributed by atoms with E-state index in [9.17, 15) is 8.42 Å². The van der Waals surface area contributed by atoms with Crippen LogP contribution in [0.1, 0.15) is 10.4 Å². The van der Waals surface area contributed by atoms with E-state index in [1.54, 1.807) is 30.8 Å². The predicted molar refractivity (Wildman–Crippen MR) is 75.0 cm³/mol. The molecule has 0 bridgehead atoms. The van der Waals surface area contributed by atoms with Crippen LogP contribution in [0, 0.1) is 6.92 Å². The van der Waals surface area contributed by atoms with Gasteiger partial charge in [-0.2, -0.15) is 0 Å². The molecule has 1 aromatic heterocycles. The molecule has 0 aliphatic heterocycles. The Kier molecular flexibility index (Phi) is 4.16. The summed E-state index contributed by atoms with van der Waals surface area (Å²) in [6.07, 6.45) is 1.65. The zero-order valence-electron chi connectivity index (χ0n) is 9.55. The summed E-state index contributed by atoms with van der Waals surface area (Å²) in [5.41, 5.74) is 2.39. The molecule has 2 aromatic rings. The Morgan fingerprint density at radius 1 is 1.44 bits per heavy atom. The van der Waals surface area contributed by atoms with Crippen molar-refractivity contribution in [1.29, 1.82) is 0 Å². The first-order chi connectivity index (χ1) is 8.49. The van der Waals surface area contributed by atoms with Gasteiger partial charge in [0.1, 0.15) is 0 Å². The third-order valence-corrected chi connectivity index (χ3v) is 5.18. The molecule has 0 saturated heterocycles. The van der Waals surface area contributed by atoms with Crippen molar-refractivity contribution in [3.05, 3.63) is 44.8 Å². The molecule has 1 N–H and O–H groups in total. The number of thiazole rings is 1. The van der Waals surface area contributed by atoms with Crippen molar-refractivity contribution in [2.45, 2.75) is 18.4 Å². The van der Waals surface area contributed by atoms with Crippen LogP contribution in [-0.4, -0.2) is 13.4 Å². The first-order valence-electron chi connectivity index (χ1n) is 5.12. The second-order valence-electron chi connectivity index (χ2n) is 3.70. The van der Waals surface area contributed by atoms with Crippen LogP contribution in [0.3, 0.4) is 0 Å². The lowest BCUT2D eigenvalue weighted by Crippen LogP contribution is -2.23. The monoisotopic (exact) mass is 346 g/mol. The molecule has 2 rings (SSSR count). The first-order valence-corrected chi connectivity index (χ1v) is 8.28. The Morgan fingerprint density at radius 2 is 2.22 bits per heavy atom. The third kappa shape index (κ3) is 3.17. The number of nitrogens with one attached hydrogen (secondary N) is 1. The maximum Gasteiger partial charge on any atom is 0.241 e. The Labute approximate surface area is 118 Å². The van der Waals surface area contributed by atoms with Gasteiger partial charge in [0.25, 0.3) is 0 Å². The highest BCUT2D eigenvalue weighted by Gasteiger charge is 2.16. The zero-order chi connectivity index (χ0) is 13.2. The number of rotatable bonds is 4. The van der Waals surface area contributed by atoms with Crippen molar-refractivity contribution in [1.82, 2.24) is 9.71 Å². The van der Waals surface area contributed by atoms with Gasteiger partial charge in [-0.1, -0.05) is 22.0 Å². The Balaban J connectivity index is 2.22. The fourth-order valence-corrected chi connectivity index (χ4v) is 3.85. The van der Waals surface area contributed by atoms with Gasteiger partial charge in [-0.25, -0.2) is 13.1 Å². The molecule has 0 spiro atoms. The van der Waals surface area contributed by atoms with E-state index in [-0.39, 0.29) is 6.54 Å². The molecule has 18 heavy (non-hydrogen) atoms. The van der Waals surface area contributed by atoms with Crippen LogP contribution in [0.15, 0.2) is 39.3 Å². The maximum absolute atomic E-state index is 12.2. The molecule has 1 heterocycles. The third-order valence-electron chi connectivity index (χ3n) is 2.36. The van der Waals surface area contributed by atoms with Crippen LogP contribution in [0.25, 0.3) is 0 Å². The van der Waals surface area contributed by atoms with Crippen LogP contribution >= 0.6 is 27.3 Å². The summed E-state index contributed by atoms with van der Waals surface area (Å²) < 4.78 is 27.6. The topological polar surface area (TPSA) is 59.1 Å². The molecule has 7 heteroatoms. The molecule has 0 saturated carbocycles. The molecule has 0 amide bonds. The maximum atomic E-state index is 12.2. The van der Waals surface area contributed by atoms with Crippen molar-refractivity contribution < 1.29 is 8.42 Å². The van der Waals surface area contributed by atoms with Crippen LogP contribution in [0.2, 0.25) is 0 Å². The second kappa shape index (κ2) is 5.48. The van der Waals surface area contributed by atoms with Crippen molar-refractivity contribution in [3.8, 4) is 0 Å². The minimum Gasteiger partial charge on any atom is -0.253 e. The van der Waals surface area contributed by atoms with Gasteiger partial charge >= 0.3 is 0 Å². The molecular weight excluding hydrogens is 336 g/mol. The molecule has 4 nitrogen and oxygen atoms in total. The van der Waals surface area contributed by atoms with Crippen LogP contribution in [0.4, 0.5) is 0 Å². The number of halogens is 1. The van der Waals surface area contributed by atoms with E-state index in [0.29, 0.717) is 4.90 Å². The van der Waals surface area contributed by atoms with Gasteiger partial charge in [0.05, 0.1) is 10.4 Å².